The number of rotatable bonds is 8. The lowest BCUT2D eigenvalue weighted by Gasteiger charge is -2.15. The second-order valence-corrected chi connectivity index (χ2v) is 8.12. The molecule has 0 atom stereocenters. The summed E-state index contributed by atoms with van der Waals surface area (Å²) in [5, 5.41) is 0.433. The molecule has 1 amide bonds. The maximum absolute atomic E-state index is 13.0. The number of benzene rings is 3. The second-order valence-electron chi connectivity index (χ2n) is 8.12. The Hall–Kier alpha value is -4.19. The van der Waals surface area contributed by atoms with Crippen molar-refractivity contribution in [3.05, 3.63) is 89.6 Å². The number of amides is 1. The van der Waals surface area contributed by atoms with Crippen molar-refractivity contribution < 1.29 is 19.1 Å². The summed E-state index contributed by atoms with van der Waals surface area (Å²) in [6.07, 6.45) is 1.30. The van der Waals surface area contributed by atoms with Crippen molar-refractivity contribution in [2.45, 2.75) is 33.2 Å². The van der Waals surface area contributed by atoms with Gasteiger partial charge in [0.15, 0.2) is 0 Å². The van der Waals surface area contributed by atoms with Crippen LogP contribution in [0.1, 0.15) is 41.9 Å². The van der Waals surface area contributed by atoms with E-state index in [2.05, 4.69) is 24.3 Å². The minimum absolute atomic E-state index is 0.207. The van der Waals surface area contributed by atoms with Gasteiger partial charge in [-0.1, -0.05) is 74.0 Å². The molecule has 0 saturated heterocycles. The van der Waals surface area contributed by atoms with Gasteiger partial charge in [-0.3, -0.25) is 14.4 Å². The van der Waals surface area contributed by atoms with Crippen LogP contribution in [0.5, 0.6) is 5.75 Å². The number of ketones is 1. The third-order valence-corrected chi connectivity index (χ3v) is 5.78. The molecule has 3 aromatic carbocycles. The van der Waals surface area contributed by atoms with Crippen molar-refractivity contribution in [2.75, 3.05) is 0 Å². The molecule has 0 aliphatic heterocycles. The monoisotopic (exact) mass is 454 g/mol. The molecule has 0 spiro atoms. The fraction of sp³-hybridized carbons (Fsp3) is 0.179. The zero-order valence-electron chi connectivity index (χ0n) is 19.2. The number of hydrogen-bond donors (Lipinski definition) is 1. The molecule has 34 heavy (non-hydrogen) atoms. The molecule has 4 aromatic rings. The van der Waals surface area contributed by atoms with E-state index < -0.39 is 17.7 Å². The van der Waals surface area contributed by atoms with E-state index in [4.69, 9.17) is 10.5 Å². The highest BCUT2D eigenvalue weighted by molar-refractivity contribution is 6.45. The zero-order valence-corrected chi connectivity index (χ0v) is 19.2. The predicted octanol–water partition coefficient (Wildman–Crippen LogP) is 4.90. The van der Waals surface area contributed by atoms with Crippen LogP contribution in [0, 0.1) is 0 Å². The average Bonchev–Trinajstić information content (AvgIpc) is 3.13. The van der Waals surface area contributed by atoms with Crippen molar-refractivity contribution in [1.29, 1.82) is 0 Å². The standard InChI is InChI=1S/C28H26N2O4/c1-3-10-22-26(27(32)28(29)33)25-23(15-9-16-24(25)34-18(2)31)30(22)17-20-13-7-8-14-21(20)19-11-5-4-6-12-19/h4-9,11-16H,3,10,17H2,1-2H3,(H2,29,33). The molecular weight excluding hydrogens is 428 g/mol. The summed E-state index contributed by atoms with van der Waals surface area (Å²) in [6.45, 7) is 3.77. The number of Topliss-reactive ketones (excluding diaryl/α,β-unsaturated/α-hetero) is 1. The molecule has 2 N–H and O–H groups in total. The SMILES string of the molecule is CCCc1c(C(=O)C(N)=O)c2c(OC(C)=O)cccc2n1Cc1ccccc1-c1ccccc1. The summed E-state index contributed by atoms with van der Waals surface area (Å²) in [5.41, 5.74) is 10.3. The highest BCUT2D eigenvalue weighted by Gasteiger charge is 2.28. The summed E-state index contributed by atoms with van der Waals surface area (Å²) in [7, 11) is 0. The minimum Gasteiger partial charge on any atom is -0.426 e. The Morgan fingerprint density at radius 1 is 0.912 bits per heavy atom. The van der Waals surface area contributed by atoms with Crippen LogP contribution in [-0.4, -0.2) is 22.2 Å². The fourth-order valence-electron chi connectivity index (χ4n) is 4.43. The summed E-state index contributed by atoms with van der Waals surface area (Å²) in [5.74, 6) is -2.10. The minimum atomic E-state index is -1.04. The molecule has 172 valence electrons. The maximum Gasteiger partial charge on any atom is 0.308 e. The molecule has 4 rings (SSSR count). The normalized spacial score (nSPS) is 10.9. The molecular formula is C28H26N2O4. The average molecular weight is 455 g/mol. The van der Waals surface area contributed by atoms with Crippen LogP contribution in [0.4, 0.5) is 0 Å². The van der Waals surface area contributed by atoms with E-state index in [-0.39, 0.29) is 11.3 Å². The third-order valence-electron chi connectivity index (χ3n) is 5.78. The number of fused-ring (bicyclic) bond motifs is 1. The number of hydrogen-bond acceptors (Lipinski definition) is 4. The van der Waals surface area contributed by atoms with Crippen molar-refractivity contribution in [1.82, 2.24) is 4.57 Å². The topological polar surface area (TPSA) is 91.4 Å². The van der Waals surface area contributed by atoms with E-state index in [1.165, 1.54) is 6.92 Å². The summed E-state index contributed by atoms with van der Waals surface area (Å²) >= 11 is 0. The fourth-order valence-corrected chi connectivity index (χ4v) is 4.43. The van der Waals surface area contributed by atoms with E-state index in [0.717, 1.165) is 23.1 Å². The van der Waals surface area contributed by atoms with Gasteiger partial charge in [0.2, 0.25) is 0 Å². The quantitative estimate of drug-likeness (QED) is 0.177. The number of carbonyl (C=O) groups excluding carboxylic acids is 3. The van der Waals surface area contributed by atoms with Crippen LogP contribution in [0.2, 0.25) is 0 Å². The first kappa shape index (κ1) is 23.0. The van der Waals surface area contributed by atoms with Crippen LogP contribution < -0.4 is 10.5 Å². The van der Waals surface area contributed by atoms with Gasteiger partial charge in [-0.05, 0) is 35.2 Å². The first-order chi connectivity index (χ1) is 16.4. The molecule has 1 heterocycles. The molecule has 6 heteroatoms. The number of esters is 1. The molecule has 0 bridgehead atoms. The van der Waals surface area contributed by atoms with Crippen LogP contribution >= 0.6 is 0 Å². The molecule has 1 aromatic heterocycles. The third kappa shape index (κ3) is 4.35. The smallest absolute Gasteiger partial charge is 0.308 e. The van der Waals surface area contributed by atoms with E-state index in [9.17, 15) is 14.4 Å². The highest BCUT2D eigenvalue weighted by Crippen LogP contribution is 2.36. The van der Waals surface area contributed by atoms with Gasteiger partial charge in [-0.2, -0.15) is 0 Å². The van der Waals surface area contributed by atoms with Gasteiger partial charge in [0, 0.05) is 19.2 Å². The second kappa shape index (κ2) is 9.75. The first-order valence-electron chi connectivity index (χ1n) is 11.2. The lowest BCUT2D eigenvalue weighted by Crippen LogP contribution is -2.24. The Morgan fingerprint density at radius 3 is 2.29 bits per heavy atom. The van der Waals surface area contributed by atoms with E-state index in [1.807, 2.05) is 47.9 Å². The van der Waals surface area contributed by atoms with Gasteiger partial charge in [0.25, 0.3) is 11.7 Å². The van der Waals surface area contributed by atoms with E-state index in [0.29, 0.717) is 29.6 Å². The Morgan fingerprint density at radius 2 is 1.62 bits per heavy atom. The van der Waals surface area contributed by atoms with Gasteiger partial charge in [-0.25, -0.2) is 0 Å². The molecule has 0 aliphatic carbocycles. The Kier molecular flexibility index (Phi) is 6.59. The van der Waals surface area contributed by atoms with Gasteiger partial charge < -0.3 is 15.0 Å². The van der Waals surface area contributed by atoms with Crippen LogP contribution in [0.3, 0.4) is 0 Å². The van der Waals surface area contributed by atoms with Gasteiger partial charge >= 0.3 is 5.97 Å². The van der Waals surface area contributed by atoms with Crippen molar-refractivity contribution in [2.24, 2.45) is 5.73 Å². The summed E-state index contributed by atoms with van der Waals surface area (Å²) in [6, 6.07) is 23.4. The number of nitrogens with two attached hydrogens (primary N) is 1. The highest BCUT2D eigenvalue weighted by atomic mass is 16.5. The Balaban J connectivity index is 1.99. The number of ether oxygens (including phenoxy) is 1. The molecule has 0 unspecified atom stereocenters. The molecule has 0 fully saturated rings. The van der Waals surface area contributed by atoms with Crippen LogP contribution in [0.15, 0.2) is 72.8 Å². The van der Waals surface area contributed by atoms with E-state index >= 15 is 0 Å². The molecule has 0 saturated carbocycles. The largest absolute Gasteiger partial charge is 0.426 e. The molecule has 0 aliphatic rings. The number of primary amides is 1. The summed E-state index contributed by atoms with van der Waals surface area (Å²) in [4.78, 5) is 36.8. The van der Waals surface area contributed by atoms with Crippen molar-refractivity contribution in [3.8, 4) is 16.9 Å². The summed E-state index contributed by atoms with van der Waals surface area (Å²) < 4.78 is 7.46. The van der Waals surface area contributed by atoms with Crippen molar-refractivity contribution in [3.63, 3.8) is 0 Å². The van der Waals surface area contributed by atoms with Gasteiger partial charge in [0.1, 0.15) is 5.75 Å². The lowest BCUT2D eigenvalue weighted by atomic mass is 9.99. The van der Waals surface area contributed by atoms with Crippen LogP contribution in [-0.2, 0) is 22.6 Å². The Labute approximate surface area is 198 Å². The van der Waals surface area contributed by atoms with Crippen LogP contribution in [0.25, 0.3) is 22.0 Å². The zero-order chi connectivity index (χ0) is 24.2. The van der Waals surface area contributed by atoms with Crippen molar-refractivity contribution >= 4 is 28.6 Å². The lowest BCUT2D eigenvalue weighted by molar-refractivity contribution is -0.131. The predicted molar refractivity (Wildman–Crippen MR) is 132 cm³/mol. The first-order valence-corrected chi connectivity index (χ1v) is 11.2. The molecule has 0 radical (unpaired) electrons. The number of nitrogens with zero attached hydrogens (tertiary/aromatic N) is 1. The van der Waals surface area contributed by atoms with Gasteiger partial charge in [-0.15, -0.1) is 0 Å². The van der Waals surface area contributed by atoms with E-state index in [1.54, 1.807) is 12.1 Å². The van der Waals surface area contributed by atoms with Gasteiger partial charge in [0.05, 0.1) is 16.5 Å². The molecule has 6 nitrogen and oxygen atoms in total. The number of carbonyl (C=O) groups is 3. The Bertz CT molecular complexity index is 1390. The maximum atomic E-state index is 13.0. The number of aromatic nitrogens is 1.